The number of esters is 1. The first-order valence-electron chi connectivity index (χ1n) is 9.90. The Bertz CT molecular complexity index is 1080. The molecule has 0 bridgehead atoms. The van der Waals surface area contributed by atoms with E-state index in [4.69, 9.17) is 21.1 Å². The lowest BCUT2D eigenvalue weighted by Gasteiger charge is -2.18. The molecule has 6 nitrogen and oxygen atoms in total. The van der Waals surface area contributed by atoms with Crippen LogP contribution in [0.1, 0.15) is 27.1 Å². The van der Waals surface area contributed by atoms with E-state index in [1.54, 1.807) is 78.9 Å². The Morgan fingerprint density at radius 1 is 0.875 bits per heavy atom. The highest BCUT2D eigenvalue weighted by molar-refractivity contribution is 6.30. The van der Waals surface area contributed by atoms with Crippen molar-refractivity contribution in [2.75, 3.05) is 19.0 Å². The molecule has 0 heterocycles. The first kappa shape index (κ1) is 23.0. The van der Waals surface area contributed by atoms with Gasteiger partial charge in [-0.15, -0.1) is 0 Å². The SMILES string of the molecule is COc1cccc(C(=O)COC(=O)C(CC(=O)c2ccccc2)Nc2ccc(Cl)cc2)c1. The van der Waals surface area contributed by atoms with Crippen LogP contribution >= 0.6 is 11.6 Å². The van der Waals surface area contributed by atoms with E-state index in [1.807, 2.05) is 0 Å². The summed E-state index contributed by atoms with van der Waals surface area (Å²) in [4.78, 5) is 37.9. The topological polar surface area (TPSA) is 81.7 Å². The molecule has 0 aliphatic rings. The smallest absolute Gasteiger partial charge is 0.329 e. The predicted octanol–water partition coefficient (Wildman–Crippen LogP) is 4.83. The molecule has 0 saturated heterocycles. The van der Waals surface area contributed by atoms with Crippen molar-refractivity contribution in [3.63, 3.8) is 0 Å². The highest BCUT2D eigenvalue weighted by Crippen LogP contribution is 2.18. The summed E-state index contributed by atoms with van der Waals surface area (Å²) in [6.07, 6.45) is -0.140. The third kappa shape index (κ3) is 6.43. The molecule has 3 rings (SSSR count). The van der Waals surface area contributed by atoms with E-state index in [1.165, 1.54) is 7.11 Å². The molecule has 164 valence electrons. The third-order valence-corrected chi connectivity index (χ3v) is 4.94. The van der Waals surface area contributed by atoms with Crippen molar-refractivity contribution < 1.29 is 23.9 Å². The number of hydrogen-bond acceptors (Lipinski definition) is 6. The number of methoxy groups -OCH3 is 1. The lowest BCUT2D eigenvalue weighted by molar-refractivity contribution is -0.143. The first-order valence-corrected chi connectivity index (χ1v) is 10.3. The molecular weight excluding hydrogens is 430 g/mol. The lowest BCUT2D eigenvalue weighted by atomic mass is 10.0. The molecule has 0 aliphatic heterocycles. The fourth-order valence-electron chi connectivity index (χ4n) is 2.98. The van der Waals surface area contributed by atoms with Crippen LogP contribution in [0.2, 0.25) is 5.02 Å². The Balaban J connectivity index is 1.70. The van der Waals surface area contributed by atoms with Crippen LogP contribution in [0, 0.1) is 0 Å². The van der Waals surface area contributed by atoms with Crippen molar-refractivity contribution in [2.24, 2.45) is 0 Å². The number of rotatable bonds is 10. The molecule has 3 aromatic carbocycles. The molecule has 0 saturated carbocycles. The molecule has 3 aromatic rings. The summed E-state index contributed by atoms with van der Waals surface area (Å²) in [5.41, 5.74) is 1.44. The van der Waals surface area contributed by atoms with Gasteiger partial charge in [0.2, 0.25) is 0 Å². The molecule has 1 unspecified atom stereocenters. The van der Waals surface area contributed by atoms with Crippen molar-refractivity contribution in [2.45, 2.75) is 12.5 Å². The normalized spacial score (nSPS) is 11.3. The van der Waals surface area contributed by atoms with Gasteiger partial charge in [-0.3, -0.25) is 9.59 Å². The maximum absolute atomic E-state index is 12.8. The Kier molecular flexibility index (Phi) is 8.00. The summed E-state index contributed by atoms with van der Waals surface area (Å²) in [7, 11) is 1.50. The van der Waals surface area contributed by atoms with E-state index >= 15 is 0 Å². The van der Waals surface area contributed by atoms with Crippen LogP contribution in [0.4, 0.5) is 5.69 Å². The van der Waals surface area contributed by atoms with Gasteiger partial charge in [0.1, 0.15) is 11.8 Å². The van der Waals surface area contributed by atoms with Crippen molar-refractivity contribution in [3.8, 4) is 5.75 Å². The van der Waals surface area contributed by atoms with Crippen LogP contribution < -0.4 is 10.1 Å². The van der Waals surface area contributed by atoms with Gasteiger partial charge in [0.05, 0.1) is 7.11 Å². The number of Topliss-reactive ketones (excluding diaryl/α,β-unsaturated/α-hetero) is 2. The monoisotopic (exact) mass is 451 g/mol. The Hall–Kier alpha value is -3.64. The number of halogens is 1. The average Bonchev–Trinajstić information content (AvgIpc) is 2.83. The number of anilines is 1. The fourth-order valence-corrected chi connectivity index (χ4v) is 3.11. The molecule has 0 fully saturated rings. The van der Waals surface area contributed by atoms with E-state index in [9.17, 15) is 14.4 Å². The number of ether oxygens (including phenoxy) is 2. The Labute approximate surface area is 191 Å². The molecule has 1 atom stereocenters. The van der Waals surface area contributed by atoms with Gasteiger partial charge in [-0.1, -0.05) is 54.1 Å². The average molecular weight is 452 g/mol. The maximum Gasteiger partial charge on any atom is 0.329 e. The van der Waals surface area contributed by atoms with Crippen molar-refractivity contribution in [1.29, 1.82) is 0 Å². The van der Waals surface area contributed by atoms with E-state index < -0.39 is 18.6 Å². The largest absolute Gasteiger partial charge is 0.497 e. The van der Waals surface area contributed by atoms with Crippen molar-refractivity contribution >= 4 is 34.8 Å². The number of benzene rings is 3. The summed E-state index contributed by atoms with van der Waals surface area (Å²) in [5, 5.41) is 3.54. The minimum Gasteiger partial charge on any atom is -0.497 e. The molecule has 0 aromatic heterocycles. The van der Waals surface area contributed by atoms with Crippen molar-refractivity contribution in [3.05, 3.63) is 95.0 Å². The first-order chi connectivity index (χ1) is 15.5. The summed E-state index contributed by atoms with van der Waals surface area (Å²) in [6, 6.07) is 21.0. The number of ketones is 2. The van der Waals surface area contributed by atoms with Gasteiger partial charge in [-0.25, -0.2) is 4.79 Å². The molecule has 0 radical (unpaired) electrons. The van der Waals surface area contributed by atoms with Gasteiger partial charge in [-0.05, 0) is 36.4 Å². The van der Waals surface area contributed by atoms with E-state index in [-0.39, 0.29) is 18.0 Å². The fraction of sp³-hybridized carbons (Fsp3) is 0.160. The zero-order chi connectivity index (χ0) is 22.9. The minimum atomic E-state index is -0.984. The second-order valence-electron chi connectivity index (χ2n) is 6.96. The van der Waals surface area contributed by atoms with E-state index in [0.29, 0.717) is 27.6 Å². The van der Waals surface area contributed by atoms with Crippen molar-refractivity contribution in [1.82, 2.24) is 0 Å². The Morgan fingerprint density at radius 2 is 1.56 bits per heavy atom. The standard InChI is InChI=1S/C25H22ClNO5/c1-31-21-9-5-8-18(14-21)24(29)16-32-25(30)22(27-20-12-10-19(26)11-13-20)15-23(28)17-6-3-2-4-7-17/h2-14,22,27H,15-16H2,1H3. The molecular formula is C25H22ClNO5. The molecule has 0 aliphatic carbocycles. The second-order valence-corrected chi connectivity index (χ2v) is 7.40. The van der Waals surface area contributed by atoms with Gasteiger partial charge < -0.3 is 14.8 Å². The lowest BCUT2D eigenvalue weighted by Crippen LogP contribution is -2.34. The summed E-state index contributed by atoms with van der Waals surface area (Å²) in [6.45, 7) is -0.454. The van der Waals surface area contributed by atoms with Crippen LogP contribution in [-0.2, 0) is 9.53 Å². The summed E-state index contributed by atoms with van der Waals surface area (Å²) >= 11 is 5.92. The van der Waals surface area contributed by atoms with Gasteiger partial charge in [0, 0.05) is 28.3 Å². The van der Waals surface area contributed by atoms with Crippen LogP contribution in [0.15, 0.2) is 78.9 Å². The van der Waals surface area contributed by atoms with Crippen LogP contribution in [0.25, 0.3) is 0 Å². The quantitative estimate of drug-likeness (QED) is 0.351. The van der Waals surface area contributed by atoms with E-state index in [0.717, 1.165) is 0 Å². The molecule has 1 N–H and O–H groups in total. The molecule has 0 amide bonds. The Morgan fingerprint density at radius 3 is 2.25 bits per heavy atom. The summed E-state index contributed by atoms with van der Waals surface area (Å²) < 4.78 is 10.4. The third-order valence-electron chi connectivity index (χ3n) is 4.69. The van der Waals surface area contributed by atoms with Gasteiger partial charge in [0.15, 0.2) is 18.2 Å². The zero-order valence-electron chi connectivity index (χ0n) is 17.4. The number of carbonyl (C=O) groups is 3. The summed E-state index contributed by atoms with van der Waals surface area (Å²) in [5.74, 6) is -0.789. The van der Waals surface area contributed by atoms with E-state index in [2.05, 4.69) is 5.32 Å². The second kappa shape index (κ2) is 11.1. The van der Waals surface area contributed by atoms with Crippen LogP contribution in [0.5, 0.6) is 5.75 Å². The number of hydrogen-bond donors (Lipinski definition) is 1. The highest BCUT2D eigenvalue weighted by Gasteiger charge is 2.25. The van der Waals surface area contributed by atoms with Gasteiger partial charge in [0.25, 0.3) is 0 Å². The maximum atomic E-state index is 12.8. The van der Waals surface area contributed by atoms with Gasteiger partial charge >= 0.3 is 5.97 Å². The number of nitrogens with one attached hydrogen (secondary N) is 1. The molecule has 7 heteroatoms. The predicted molar refractivity (Wildman–Crippen MR) is 123 cm³/mol. The van der Waals surface area contributed by atoms with Crippen LogP contribution in [0.3, 0.4) is 0 Å². The van der Waals surface area contributed by atoms with Crippen LogP contribution in [-0.4, -0.2) is 37.3 Å². The number of carbonyl (C=O) groups excluding carboxylic acids is 3. The molecule has 32 heavy (non-hydrogen) atoms. The molecule has 0 spiro atoms. The highest BCUT2D eigenvalue weighted by atomic mass is 35.5. The zero-order valence-corrected chi connectivity index (χ0v) is 18.2. The minimum absolute atomic E-state index is 0.140. The van der Waals surface area contributed by atoms with Gasteiger partial charge in [-0.2, -0.15) is 0 Å².